The number of ketones is 1. The van der Waals surface area contributed by atoms with Crippen LogP contribution in [-0.4, -0.2) is 23.8 Å². The van der Waals surface area contributed by atoms with E-state index in [4.69, 9.17) is 0 Å². The Kier molecular flexibility index (Phi) is 3.61. The molecule has 2 aromatic rings. The molecule has 2 nitrogen and oxygen atoms in total. The lowest BCUT2D eigenvalue weighted by atomic mass is 10.0. The minimum atomic E-state index is -0.384. The van der Waals surface area contributed by atoms with Crippen molar-refractivity contribution in [2.75, 3.05) is 13.1 Å². The molecule has 0 aromatic heterocycles. The number of nitrogens with zero attached hydrogens (tertiary/aromatic N) is 1. The zero-order valence-corrected chi connectivity index (χ0v) is 11.2. The number of halogens is 1. The largest absolute Gasteiger partial charge is 0.299 e. The first-order chi connectivity index (χ1) is 9.72. The lowest BCUT2D eigenvalue weighted by Gasteiger charge is -2.30. The molecule has 3 rings (SSSR count). The zero-order valence-electron chi connectivity index (χ0n) is 11.2. The number of likely N-dealkylation sites (tertiary alicyclic amines) is 1. The van der Waals surface area contributed by atoms with Gasteiger partial charge in [0.25, 0.3) is 0 Å². The fraction of sp³-hybridized carbons (Fsp3) is 0.235. The fourth-order valence-corrected chi connectivity index (χ4v) is 2.36. The van der Waals surface area contributed by atoms with Crippen molar-refractivity contribution in [3.63, 3.8) is 0 Å². The highest BCUT2D eigenvalue weighted by atomic mass is 19.1. The maximum Gasteiger partial charge on any atom is 0.193 e. The van der Waals surface area contributed by atoms with E-state index >= 15 is 0 Å². The van der Waals surface area contributed by atoms with Gasteiger partial charge in [-0.1, -0.05) is 36.4 Å². The first-order valence-corrected chi connectivity index (χ1v) is 6.84. The summed E-state index contributed by atoms with van der Waals surface area (Å²) in [4.78, 5) is 14.6. The van der Waals surface area contributed by atoms with Gasteiger partial charge in [0.2, 0.25) is 0 Å². The molecule has 1 aliphatic rings. The van der Waals surface area contributed by atoms with Gasteiger partial charge in [-0.25, -0.2) is 4.39 Å². The molecule has 2 aromatic carbocycles. The molecule has 0 N–H and O–H groups in total. The molecule has 102 valence electrons. The van der Waals surface area contributed by atoms with E-state index in [1.807, 2.05) is 24.3 Å². The van der Waals surface area contributed by atoms with Crippen molar-refractivity contribution in [1.29, 1.82) is 0 Å². The van der Waals surface area contributed by atoms with Crippen LogP contribution in [0.2, 0.25) is 0 Å². The third-order valence-electron chi connectivity index (χ3n) is 3.66. The fourth-order valence-electron chi connectivity index (χ4n) is 2.36. The van der Waals surface area contributed by atoms with E-state index in [0.29, 0.717) is 11.1 Å². The van der Waals surface area contributed by atoms with Gasteiger partial charge in [-0.2, -0.15) is 0 Å². The second-order valence-corrected chi connectivity index (χ2v) is 5.17. The normalized spacial score (nSPS) is 14.8. The lowest BCUT2D eigenvalue weighted by Crippen LogP contribution is -2.36. The molecule has 1 saturated heterocycles. The van der Waals surface area contributed by atoms with Gasteiger partial charge >= 0.3 is 0 Å². The number of rotatable bonds is 4. The molecular formula is C17H16FNO. The van der Waals surface area contributed by atoms with E-state index in [2.05, 4.69) is 4.90 Å². The van der Waals surface area contributed by atoms with Gasteiger partial charge in [0.05, 0.1) is 0 Å². The minimum Gasteiger partial charge on any atom is -0.299 e. The van der Waals surface area contributed by atoms with Crippen LogP contribution < -0.4 is 0 Å². The zero-order chi connectivity index (χ0) is 13.9. The second-order valence-electron chi connectivity index (χ2n) is 5.17. The third-order valence-corrected chi connectivity index (χ3v) is 3.66. The Labute approximate surface area is 117 Å². The van der Waals surface area contributed by atoms with Crippen molar-refractivity contribution < 1.29 is 9.18 Å². The van der Waals surface area contributed by atoms with Crippen molar-refractivity contribution in [3.8, 4) is 0 Å². The van der Waals surface area contributed by atoms with Crippen LogP contribution in [0.15, 0.2) is 48.5 Å². The molecule has 0 aliphatic carbocycles. The van der Waals surface area contributed by atoms with E-state index < -0.39 is 0 Å². The number of hydrogen-bond donors (Lipinski definition) is 0. The molecule has 1 heterocycles. The summed E-state index contributed by atoms with van der Waals surface area (Å²) >= 11 is 0. The summed E-state index contributed by atoms with van der Waals surface area (Å²) < 4.78 is 13.1. The molecule has 20 heavy (non-hydrogen) atoms. The van der Waals surface area contributed by atoms with Gasteiger partial charge in [0.15, 0.2) is 5.78 Å². The van der Waals surface area contributed by atoms with Gasteiger partial charge in [0, 0.05) is 17.7 Å². The van der Waals surface area contributed by atoms with Crippen LogP contribution in [0.5, 0.6) is 0 Å². The summed E-state index contributed by atoms with van der Waals surface area (Å²) in [6.45, 7) is 3.25. The van der Waals surface area contributed by atoms with Crippen LogP contribution in [0.4, 0.5) is 4.39 Å². The summed E-state index contributed by atoms with van der Waals surface area (Å²) in [6, 6.07) is 13.4. The Morgan fingerprint density at radius 1 is 1.05 bits per heavy atom. The summed E-state index contributed by atoms with van der Waals surface area (Å²) in [5.74, 6) is -0.523. The van der Waals surface area contributed by atoms with Crippen LogP contribution in [-0.2, 0) is 6.54 Å². The molecule has 0 amide bonds. The standard InChI is InChI=1S/C17H16FNO/c18-16-4-1-3-15(11-16)17(20)14-7-5-13(6-8-14)12-19-9-2-10-19/h1,3-8,11H,2,9-10,12H2. The summed E-state index contributed by atoms with van der Waals surface area (Å²) in [7, 11) is 0. The molecule has 0 spiro atoms. The molecule has 1 fully saturated rings. The smallest absolute Gasteiger partial charge is 0.193 e. The highest BCUT2D eigenvalue weighted by Crippen LogP contribution is 2.15. The summed E-state index contributed by atoms with van der Waals surface area (Å²) in [5.41, 5.74) is 2.20. The van der Waals surface area contributed by atoms with E-state index in [9.17, 15) is 9.18 Å². The van der Waals surface area contributed by atoms with Crippen LogP contribution in [0.3, 0.4) is 0 Å². The van der Waals surface area contributed by atoms with Crippen molar-refractivity contribution in [3.05, 3.63) is 71.0 Å². The SMILES string of the molecule is O=C(c1ccc(CN2CCC2)cc1)c1cccc(F)c1. The first kappa shape index (κ1) is 13.0. The van der Waals surface area contributed by atoms with Crippen molar-refractivity contribution in [2.45, 2.75) is 13.0 Å². The Balaban J connectivity index is 1.74. The summed E-state index contributed by atoms with van der Waals surface area (Å²) in [5, 5.41) is 0. The molecule has 0 radical (unpaired) electrons. The van der Waals surface area contributed by atoms with Gasteiger partial charge in [-0.15, -0.1) is 0 Å². The second kappa shape index (κ2) is 5.55. The molecule has 0 atom stereocenters. The Morgan fingerprint density at radius 2 is 1.80 bits per heavy atom. The predicted octanol–water partition coefficient (Wildman–Crippen LogP) is 3.26. The molecule has 1 aliphatic heterocycles. The van der Waals surface area contributed by atoms with Crippen molar-refractivity contribution in [2.24, 2.45) is 0 Å². The van der Waals surface area contributed by atoms with E-state index in [1.54, 1.807) is 12.1 Å². The number of hydrogen-bond acceptors (Lipinski definition) is 2. The van der Waals surface area contributed by atoms with Gasteiger partial charge in [0.1, 0.15) is 5.82 Å². The Bertz CT molecular complexity index is 617. The number of benzene rings is 2. The molecule has 0 saturated carbocycles. The van der Waals surface area contributed by atoms with Gasteiger partial charge in [-0.05, 0) is 37.2 Å². The van der Waals surface area contributed by atoms with E-state index in [1.165, 1.54) is 24.1 Å². The van der Waals surface area contributed by atoms with Crippen LogP contribution in [0.1, 0.15) is 27.9 Å². The molecule has 0 unspecified atom stereocenters. The number of carbonyl (C=O) groups excluding carboxylic acids is 1. The maximum atomic E-state index is 13.1. The Hall–Kier alpha value is -2.00. The van der Waals surface area contributed by atoms with Gasteiger partial charge < -0.3 is 0 Å². The highest BCUT2D eigenvalue weighted by Gasteiger charge is 2.14. The Morgan fingerprint density at radius 3 is 2.40 bits per heavy atom. The molecule has 3 heteroatoms. The quantitative estimate of drug-likeness (QED) is 0.794. The third kappa shape index (κ3) is 2.78. The van der Waals surface area contributed by atoms with Crippen LogP contribution in [0.25, 0.3) is 0 Å². The average molecular weight is 269 g/mol. The minimum absolute atomic E-state index is 0.139. The molecular weight excluding hydrogens is 253 g/mol. The lowest BCUT2D eigenvalue weighted by molar-refractivity contribution is 0.103. The predicted molar refractivity (Wildman–Crippen MR) is 76.2 cm³/mol. The number of carbonyl (C=O) groups is 1. The maximum absolute atomic E-state index is 13.1. The topological polar surface area (TPSA) is 20.3 Å². The summed E-state index contributed by atoms with van der Waals surface area (Å²) in [6.07, 6.45) is 1.27. The first-order valence-electron chi connectivity index (χ1n) is 6.84. The van der Waals surface area contributed by atoms with Crippen molar-refractivity contribution in [1.82, 2.24) is 4.90 Å². The molecule has 0 bridgehead atoms. The van der Waals surface area contributed by atoms with Crippen LogP contribution in [0, 0.1) is 5.82 Å². The van der Waals surface area contributed by atoms with Crippen molar-refractivity contribution >= 4 is 5.78 Å². The van der Waals surface area contributed by atoms with Gasteiger partial charge in [-0.3, -0.25) is 9.69 Å². The average Bonchev–Trinajstić information content (AvgIpc) is 2.43. The van der Waals surface area contributed by atoms with E-state index in [-0.39, 0.29) is 11.6 Å². The van der Waals surface area contributed by atoms with Crippen LogP contribution >= 0.6 is 0 Å². The monoisotopic (exact) mass is 269 g/mol. The van der Waals surface area contributed by atoms with E-state index in [0.717, 1.165) is 19.6 Å². The highest BCUT2D eigenvalue weighted by molar-refractivity contribution is 6.08.